The topological polar surface area (TPSA) is 113 Å². The Hall–Kier alpha value is -2.81. The van der Waals surface area contributed by atoms with Gasteiger partial charge in [-0.1, -0.05) is 0 Å². The van der Waals surface area contributed by atoms with Crippen molar-refractivity contribution in [2.45, 2.75) is 31.9 Å². The lowest BCUT2D eigenvalue weighted by Crippen LogP contribution is -2.40. The summed E-state index contributed by atoms with van der Waals surface area (Å²) in [5, 5.41) is 24.0. The highest BCUT2D eigenvalue weighted by Crippen LogP contribution is 2.28. The second-order valence-corrected chi connectivity index (χ2v) is 6.47. The molecule has 1 aromatic carbocycles. The van der Waals surface area contributed by atoms with Crippen LogP contribution in [0.1, 0.15) is 30.1 Å². The van der Waals surface area contributed by atoms with Gasteiger partial charge in [0.2, 0.25) is 5.91 Å². The average molecular weight is 358 g/mol. The van der Waals surface area contributed by atoms with Gasteiger partial charge in [-0.15, -0.1) is 5.10 Å². The highest BCUT2D eigenvalue weighted by atomic mass is 16.3. The first-order chi connectivity index (χ1) is 12.5. The molecule has 2 amide bonds. The van der Waals surface area contributed by atoms with Crippen LogP contribution in [-0.2, 0) is 4.79 Å². The fourth-order valence-electron chi connectivity index (χ4n) is 3.14. The van der Waals surface area contributed by atoms with Gasteiger partial charge in [-0.3, -0.25) is 9.59 Å². The molecule has 3 atom stereocenters. The predicted octanol–water partition coefficient (Wildman–Crippen LogP) is 0.00990. The molecule has 0 unspecified atom stereocenters. The predicted molar refractivity (Wildman–Crippen MR) is 92.5 cm³/mol. The molecule has 1 heterocycles. The number of nitrogens with zero attached hydrogens (tertiary/aromatic N) is 5. The van der Waals surface area contributed by atoms with Crippen LogP contribution in [0.2, 0.25) is 0 Å². The number of aliphatic hydroxyl groups excluding tert-OH is 1. The Morgan fingerprint density at radius 3 is 2.65 bits per heavy atom. The summed E-state index contributed by atoms with van der Waals surface area (Å²) in [5.41, 5.74) is 1.20. The van der Waals surface area contributed by atoms with Crippen LogP contribution < -0.4 is 5.32 Å². The number of amides is 2. The molecule has 0 saturated heterocycles. The molecule has 26 heavy (non-hydrogen) atoms. The summed E-state index contributed by atoms with van der Waals surface area (Å²) in [6.07, 6.45) is 1.55. The van der Waals surface area contributed by atoms with Crippen LogP contribution in [0.3, 0.4) is 0 Å². The Kier molecular flexibility index (Phi) is 5.27. The summed E-state index contributed by atoms with van der Waals surface area (Å²) in [5.74, 6) is -0.536. The van der Waals surface area contributed by atoms with Crippen molar-refractivity contribution < 1.29 is 14.7 Å². The van der Waals surface area contributed by atoms with Crippen LogP contribution in [0, 0.1) is 5.92 Å². The molecular formula is C17H22N6O3. The van der Waals surface area contributed by atoms with Crippen molar-refractivity contribution in [3.8, 4) is 5.69 Å². The van der Waals surface area contributed by atoms with Gasteiger partial charge in [-0.2, -0.15) is 0 Å². The third-order valence-electron chi connectivity index (χ3n) is 4.79. The first-order valence-corrected chi connectivity index (χ1v) is 8.57. The van der Waals surface area contributed by atoms with Gasteiger partial charge in [-0.25, -0.2) is 4.68 Å². The van der Waals surface area contributed by atoms with E-state index < -0.39 is 12.1 Å². The highest BCUT2D eigenvalue weighted by molar-refractivity contribution is 5.94. The van der Waals surface area contributed by atoms with E-state index in [1.54, 1.807) is 36.2 Å². The summed E-state index contributed by atoms with van der Waals surface area (Å²) in [6.45, 7) is 2.53. The van der Waals surface area contributed by atoms with Gasteiger partial charge < -0.3 is 15.3 Å². The minimum atomic E-state index is -0.723. The molecule has 9 nitrogen and oxygen atoms in total. The van der Waals surface area contributed by atoms with E-state index in [0.717, 1.165) is 5.69 Å². The summed E-state index contributed by atoms with van der Waals surface area (Å²) in [7, 11) is 1.74. The SMILES string of the molecule is CCN(C)C(=O)[C@H]1C[C@H](NC(=O)c2ccc(-n3cnnn3)cc2)[C@@H](O)C1. The molecule has 138 valence electrons. The lowest BCUT2D eigenvalue weighted by molar-refractivity contribution is -0.134. The van der Waals surface area contributed by atoms with Crippen LogP contribution in [0.5, 0.6) is 0 Å². The molecule has 1 aliphatic rings. The Morgan fingerprint density at radius 1 is 1.31 bits per heavy atom. The number of aliphatic hydroxyl groups is 1. The van der Waals surface area contributed by atoms with E-state index in [1.165, 1.54) is 11.0 Å². The lowest BCUT2D eigenvalue weighted by Gasteiger charge is -2.19. The molecule has 0 aliphatic heterocycles. The smallest absolute Gasteiger partial charge is 0.251 e. The van der Waals surface area contributed by atoms with E-state index >= 15 is 0 Å². The monoisotopic (exact) mass is 358 g/mol. The Morgan fingerprint density at radius 2 is 2.04 bits per heavy atom. The minimum absolute atomic E-state index is 0.00842. The van der Waals surface area contributed by atoms with Crippen molar-refractivity contribution in [2.75, 3.05) is 13.6 Å². The van der Waals surface area contributed by atoms with Gasteiger partial charge in [0.05, 0.1) is 17.8 Å². The van der Waals surface area contributed by atoms with Crippen molar-refractivity contribution in [2.24, 2.45) is 5.92 Å². The average Bonchev–Trinajstić information content (AvgIpc) is 3.31. The van der Waals surface area contributed by atoms with Crippen LogP contribution in [0.15, 0.2) is 30.6 Å². The van der Waals surface area contributed by atoms with E-state index in [9.17, 15) is 14.7 Å². The molecule has 0 radical (unpaired) electrons. The Balaban J connectivity index is 1.62. The van der Waals surface area contributed by atoms with Crippen LogP contribution in [0.4, 0.5) is 0 Å². The summed E-state index contributed by atoms with van der Waals surface area (Å²) < 4.78 is 1.49. The quantitative estimate of drug-likeness (QED) is 0.778. The zero-order valence-corrected chi connectivity index (χ0v) is 14.7. The first-order valence-electron chi connectivity index (χ1n) is 8.57. The molecule has 0 bridgehead atoms. The number of benzene rings is 1. The second-order valence-electron chi connectivity index (χ2n) is 6.47. The fraction of sp³-hybridized carbons (Fsp3) is 0.471. The molecule has 9 heteroatoms. The molecule has 2 N–H and O–H groups in total. The van der Waals surface area contributed by atoms with Crippen LogP contribution in [-0.4, -0.2) is 67.8 Å². The molecule has 1 aliphatic carbocycles. The van der Waals surface area contributed by atoms with Crippen molar-refractivity contribution in [1.29, 1.82) is 0 Å². The first kappa shape index (κ1) is 18.0. The maximum Gasteiger partial charge on any atom is 0.251 e. The number of carbonyl (C=O) groups is 2. The van der Waals surface area contributed by atoms with E-state index in [1.807, 2.05) is 6.92 Å². The zero-order valence-electron chi connectivity index (χ0n) is 14.7. The van der Waals surface area contributed by atoms with Gasteiger partial charge in [-0.05, 0) is 54.5 Å². The number of carbonyl (C=O) groups excluding carboxylic acids is 2. The Labute approximate surface area is 151 Å². The zero-order chi connectivity index (χ0) is 18.7. The highest BCUT2D eigenvalue weighted by Gasteiger charge is 2.38. The molecule has 3 rings (SSSR count). The van der Waals surface area contributed by atoms with Gasteiger partial charge >= 0.3 is 0 Å². The van der Waals surface area contributed by atoms with Gasteiger partial charge in [0.1, 0.15) is 6.33 Å². The third kappa shape index (κ3) is 3.72. The normalized spacial score (nSPS) is 22.2. The van der Waals surface area contributed by atoms with E-state index in [2.05, 4.69) is 20.8 Å². The Bertz CT molecular complexity index is 761. The van der Waals surface area contributed by atoms with Crippen molar-refractivity contribution in [3.05, 3.63) is 36.2 Å². The second kappa shape index (κ2) is 7.61. The van der Waals surface area contributed by atoms with Crippen LogP contribution in [0.25, 0.3) is 5.69 Å². The van der Waals surface area contributed by atoms with Crippen molar-refractivity contribution in [3.63, 3.8) is 0 Å². The van der Waals surface area contributed by atoms with E-state index in [0.29, 0.717) is 24.9 Å². The van der Waals surface area contributed by atoms with Crippen LogP contribution >= 0.6 is 0 Å². The number of hydrogen-bond donors (Lipinski definition) is 2. The molecule has 2 aromatic rings. The summed E-state index contributed by atoms with van der Waals surface area (Å²) in [6, 6.07) is 6.38. The van der Waals surface area contributed by atoms with Crippen molar-refractivity contribution in [1.82, 2.24) is 30.4 Å². The number of tetrazole rings is 1. The van der Waals surface area contributed by atoms with Gasteiger partial charge in [0.15, 0.2) is 0 Å². The van der Waals surface area contributed by atoms with E-state index in [-0.39, 0.29) is 17.7 Å². The number of hydrogen-bond acceptors (Lipinski definition) is 6. The van der Waals surface area contributed by atoms with Crippen molar-refractivity contribution >= 4 is 11.8 Å². The molecule has 1 fully saturated rings. The number of rotatable bonds is 5. The standard InChI is InChI=1S/C17H22N6O3/c1-3-22(2)17(26)12-8-14(15(24)9-12)19-16(25)11-4-6-13(7-5-11)23-10-18-20-21-23/h4-7,10,12,14-15,24H,3,8-9H2,1-2H3,(H,19,25)/t12-,14-,15-/m0/s1. The molecular weight excluding hydrogens is 336 g/mol. The number of aromatic nitrogens is 4. The summed E-state index contributed by atoms with van der Waals surface area (Å²) in [4.78, 5) is 26.3. The van der Waals surface area contributed by atoms with Gasteiger partial charge in [0, 0.05) is 25.1 Å². The number of nitrogens with one attached hydrogen (secondary N) is 1. The molecule has 1 aromatic heterocycles. The van der Waals surface area contributed by atoms with E-state index in [4.69, 9.17) is 0 Å². The molecule has 1 saturated carbocycles. The summed E-state index contributed by atoms with van der Waals surface area (Å²) >= 11 is 0. The third-order valence-corrected chi connectivity index (χ3v) is 4.79. The largest absolute Gasteiger partial charge is 0.391 e. The lowest BCUT2D eigenvalue weighted by atomic mass is 10.1. The van der Waals surface area contributed by atoms with Gasteiger partial charge in [0.25, 0.3) is 5.91 Å². The maximum atomic E-state index is 12.4. The molecule has 0 spiro atoms. The fourth-order valence-corrected chi connectivity index (χ4v) is 3.14. The minimum Gasteiger partial charge on any atom is -0.391 e. The maximum absolute atomic E-state index is 12.4.